The van der Waals surface area contributed by atoms with Gasteiger partial charge in [0.2, 0.25) is 0 Å². The lowest BCUT2D eigenvalue weighted by atomic mass is 10.0. The topological polar surface area (TPSA) is 25.8 Å². The predicted octanol–water partition coefficient (Wildman–Crippen LogP) is 3.22. The molecule has 0 fully saturated rings. The van der Waals surface area contributed by atoms with Gasteiger partial charge in [-0.3, -0.25) is 0 Å². The van der Waals surface area contributed by atoms with Crippen LogP contribution in [0.5, 0.6) is 0 Å². The summed E-state index contributed by atoms with van der Waals surface area (Å²) in [6.07, 6.45) is 5.03. The Morgan fingerprint density at radius 2 is 2.33 bits per heavy atom. The zero-order valence-electron chi connectivity index (χ0n) is 7.79. The van der Waals surface area contributed by atoms with E-state index in [1.54, 1.807) is 11.3 Å². The molecular formula is C9H16N2S. The molecule has 68 valence electrons. The molecule has 2 nitrogen and oxygen atoms in total. The molecule has 0 aromatic carbocycles. The molecule has 0 radical (unpaired) electrons. The van der Waals surface area contributed by atoms with Crippen LogP contribution in [0.4, 0.5) is 0 Å². The van der Waals surface area contributed by atoms with Gasteiger partial charge >= 0.3 is 0 Å². The first kappa shape index (κ1) is 9.65. The van der Waals surface area contributed by atoms with Gasteiger partial charge in [-0.1, -0.05) is 26.7 Å². The molecule has 0 spiro atoms. The molecule has 1 heterocycles. The molecule has 12 heavy (non-hydrogen) atoms. The van der Waals surface area contributed by atoms with Crippen LogP contribution < -0.4 is 0 Å². The molecule has 3 heteroatoms. The summed E-state index contributed by atoms with van der Waals surface area (Å²) in [4.78, 5) is 0. The van der Waals surface area contributed by atoms with Gasteiger partial charge in [-0.25, -0.2) is 0 Å². The van der Waals surface area contributed by atoms with Crippen LogP contribution in [0.2, 0.25) is 0 Å². The summed E-state index contributed by atoms with van der Waals surface area (Å²) in [7, 11) is 0. The predicted molar refractivity (Wildman–Crippen MR) is 52.5 cm³/mol. The van der Waals surface area contributed by atoms with Crippen molar-refractivity contribution in [2.45, 2.75) is 45.4 Å². The molecule has 0 saturated heterocycles. The molecule has 0 N–H and O–H groups in total. The minimum atomic E-state index is 0.650. The Morgan fingerprint density at radius 3 is 2.83 bits per heavy atom. The van der Waals surface area contributed by atoms with Crippen molar-refractivity contribution < 1.29 is 0 Å². The van der Waals surface area contributed by atoms with Gasteiger partial charge in [0.15, 0.2) is 0 Å². The van der Waals surface area contributed by atoms with E-state index in [-0.39, 0.29) is 0 Å². The summed E-state index contributed by atoms with van der Waals surface area (Å²) >= 11 is 1.68. The van der Waals surface area contributed by atoms with Crippen molar-refractivity contribution in [2.24, 2.45) is 0 Å². The Morgan fingerprint density at radius 1 is 1.50 bits per heavy atom. The minimum absolute atomic E-state index is 0.650. The van der Waals surface area contributed by atoms with Crippen molar-refractivity contribution in [3.8, 4) is 0 Å². The zero-order chi connectivity index (χ0) is 8.81. The zero-order valence-corrected chi connectivity index (χ0v) is 8.60. The number of rotatable bonds is 5. The maximum Gasteiger partial charge on any atom is 0.120 e. The van der Waals surface area contributed by atoms with E-state index in [9.17, 15) is 0 Å². The van der Waals surface area contributed by atoms with E-state index in [4.69, 9.17) is 0 Å². The molecule has 0 amide bonds. The largest absolute Gasteiger partial charge is 0.147 e. The van der Waals surface area contributed by atoms with Crippen LogP contribution >= 0.6 is 11.3 Å². The van der Waals surface area contributed by atoms with E-state index in [2.05, 4.69) is 24.0 Å². The highest BCUT2D eigenvalue weighted by atomic mass is 32.1. The summed E-state index contributed by atoms with van der Waals surface area (Å²) in [6.45, 7) is 4.45. The van der Waals surface area contributed by atoms with Crippen LogP contribution in [0.15, 0.2) is 5.51 Å². The summed E-state index contributed by atoms with van der Waals surface area (Å²) < 4.78 is 0. The van der Waals surface area contributed by atoms with E-state index in [0.29, 0.717) is 5.92 Å². The molecule has 0 saturated carbocycles. The van der Waals surface area contributed by atoms with Crippen molar-refractivity contribution >= 4 is 11.3 Å². The van der Waals surface area contributed by atoms with Gasteiger partial charge < -0.3 is 0 Å². The second-order valence-electron chi connectivity index (χ2n) is 3.02. The summed E-state index contributed by atoms with van der Waals surface area (Å²) in [5.41, 5.74) is 1.82. The van der Waals surface area contributed by atoms with Gasteiger partial charge in [0.25, 0.3) is 0 Å². The molecule has 0 aliphatic heterocycles. The van der Waals surface area contributed by atoms with Crippen molar-refractivity contribution in [3.63, 3.8) is 0 Å². The van der Waals surface area contributed by atoms with Gasteiger partial charge in [0.1, 0.15) is 10.5 Å². The summed E-state index contributed by atoms with van der Waals surface area (Å²) in [5.74, 6) is 0.650. The van der Waals surface area contributed by atoms with E-state index in [1.807, 2.05) is 5.51 Å². The molecular weight excluding hydrogens is 168 g/mol. The minimum Gasteiger partial charge on any atom is -0.147 e. The van der Waals surface area contributed by atoms with Gasteiger partial charge in [0.05, 0.1) is 0 Å². The fourth-order valence-electron chi connectivity index (χ4n) is 1.31. The summed E-state index contributed by atoms with van der Waals surface area (Å²) in [6, 6.07) is 0. The Kier molecular flexibility index (Phi) is 4.22. The molecule has 0 unspecified atom stereocenters. The maximum atomic E-state index is 4.11. The Labute approximate surface area is 78.0 Å². The first-order chi connectivity index (χ1) is 5.88. The van der Waals surface area contributed by atoms with Crippen LogP contribution in [-0.4, -0.2) is 10.2 Å². The third-order valence-corrected chi connectivity index (χ3v) is 2.98. The smallest absolute Gasteiger partial charge is 0.120 e. The Bertz CT molecular complexity index is 196. The number of hydrogen-bond donors (Lipinski definition) is 0. The number of hydrogen-bond acceptors (Lipinski definition) is 3. The van der Waals surface area contributed by atoms with Crippen molar-refractivity contribution in [2.75, 3.05) is 0 Å². The molecule has 1 rings (SSSR count). The standard InChI is InChI=1S/C9H16N2S/c1-3-5-6-8(4-2)9-11-10-7-12-9/h7-8H,3-6H2,1-2H3/t8-/m0/s1. The Hall–Kier alpha value is -0.440. The molecule has 1 aromatic rings. The van der Waals surface area contributed by atoms with Gasteiger partial charge in [-0.15, -0.1) is 21.5 Å². The lowest BCUT2D eigenvalue weighted by molar-refractivity contribution is 0.563. The maximum absolute atomic E-state index is 4.11. The SMILES string of the molecule is CCCC[C@H](CC)c1nncs1. The third-order valence-electron chi connectivity index (χ3n) is 2.13. The van der Waals surface area contributed by atoms with E-state index < -0.39 is 0 Å². The number of nitrogens with zero attached hydrogens (tertiary/aromatic N) is 2. The Balaban J connectivity index is 2.45. The molecule has 0 bridgehead atoms. The van der Waals surface area contributed by atoms with Crippen LogP contribution in [0.3, 0.4) is 0 Å². The highest BCUT2D eigenvalue weighted by molar-refractivity contribution is 7.09. The van der Waals surface area contributed by atoms with Gasteiger partial charge in [0, 0.05) is 5.92 Å². The second kappa shape index (κ2) is 5.25. The number of unbranched alkanes of at least 4 members (excludes halogenated alkanes) is 1. The lowest BCUT2D eigenvalue weighted by Gasteiger charge is -2.09. The fraction of sp³-hybridized carbons (Fsp3) is 0.778. The number of aromatic nitrogens is 2. The highest BCUT2D eigenvalue weighted by Gasteiger charge is 2.11. The first-order valence-electron chi connectivity index (χ1n) is 4.64. The quantitative estimate of drug-likeness (QED) is 0.702. The first-order valence-corrected chi connectivity index (χ1v) is 5.52. The third kappa shape index (κ3) is 2.55. The van der Waals surface area contributed by atoms with Gasteiger partial charge in [-0.2, -0.15) is 0 Å². The molecule has 1 aromatic heterocycles. The van der Waals surface area contributed by atoms with Crippen LogP contribution in [0.25, 0.3) is 0 Å². The van der Waals surface area contributed by atoms with Crippen molar-refractivity contribution in [1.29, 1.82) is 0 Å². The average molecular weight is 184 g/mol. The summed E-state index contributed by atoms with van der Waals surface area (Å²) in [5, 5.41) is 9.19. The van der Waals surface area contributed by atoms with Crippen molar-refractivity contribution in [1.82, 2.24) is 10.2 Å². The fourth-order valence-corrected chi connectivity index (χ4v) is 2.09. The van der Waals surface area contributed by atoms with Crippen LogP contribution in [0.1, 0.15) is 50.5 Å². The monoisotopic (exact) mass is 184 g/mol. The second-order valence-corrected chi connectivity index (χ2v) is 3.89. The van der Waals surface area contributed by atoms with Crippen LogP contribution in [-0.2, 0) is 0 Å². The van der Waals surface area contributed by atoms with Crippen molar-refractivity contribution in [3.05, 3.63) is 10.5 Å². The van der Waals surface area contributed by atoms with Gasteiger partial charge in [-0.05, 0) is 12.8 Å². The lowest BCUT2D eigenvalue weighted by Crippen LogP contribution is -1.96. The average Bonchev–Trinajstić information content (AvgIpc) is 2.59. The van der Waals surface area contributed by atoms with E-state index >= 15 is 0 Å². The molecule has 1 atom stereocenters. The molecule has 0 aliphatic rings. The normalized spacial score (nSPS) is 13.2. The van der Waals surface area contributed by atoms with Crippen LogP contribution in [0, 0.1) is 0 Å². The van der Waals surface area contributed by atoms with E-state index in [1.165, 1.54) is 30.7 Å². The molecule has 0 aliphatic carbocycles. The highest BCUT2D eigenvalue weighted by Crippen LogP contribution is 2.25. The van der Waals surface area contributed by atoms with E-state index in [0.717, 1.165) is 0 Å².